The third-order valence-electron chi connectivity index (χ3n) is 4.94. The molecule has 3 heterocycles. The van der Waals surface area contributed by atoms with E-state index in [1.807, 2.05) is 19.1 Å². The minimum Gasteiger partial charge on any atom is -0.493 e. The van der Waals surface area contributed by atoms with E-state index in [9.17, 15) is 0 Å². The summed E-state index contributed by atoms with van der Waals surface area (Å²) in [4.78, 5) is 14.5. The first-order valence-electron chi connectivity index (χ1n) is 8.92. The molecule has 132 valence electrons. The van der Waals surface area contributed by atoms with Crippen molar-refractivity contribution in [2.24, 2.45) is 0 Å². The zero-order valence-electron chi connectivity index (χ0n) is 14.8. The summed E-state index contributed by atoms with van der Waals surface area (Å²) in [5.41, 5.74) is 2.79. The second-order valence-corrected chi connectivity index (χ2v) is 6.61. The van der Waals surface area contributed by atoms with Gasteiger partial charge in [0, 0.05) is 23.4 Å². The number of nitrogens with zero attached hydrogens (tertiary/aromatic N) is 3. The lowest BCUT2D eigenvalue weighted by Gasteiger charge is -2.15. The maximum absolute atomic E-state index is 6.01. The SMILES string of the molecule is COc1cc2c(cc1OCCCN1CCCC1)[nH]c1ncnc(C)c12. The van der Waals surface area contributed by atoms with Crippen LogP contribution in [-0.2, 0) is 0 Å². The van der Waals surface area contributed by atoms with E-state index in [2.05, 4.69) is 19.9 Å². The highest BCUT2D eigenvalue weighted by Crippen LogP contribution is 2.36. The van der Waals surface area contributed by atoms with Crippen LogP contribution in [0.2, 0.25) is 0 Å². The summed E-state index contributed by atoms with van der Waals surface area (Å²) in [7, 11) is 1.68. The second kappa shape index (κ2) is 6.88. The smallest absolute Gasteiger partial charge is 0.163 e. The van der Waals surface area contributed by atoms with Crippen LogP contribution in [0.15, 0.2) is 18.5 Å². The first-order valence-corrected chi connectivity index (χ1v) is 8.92. The van der Waals surface area contributed by atoms with Crippen LogP contribution in [0.3, 0.4) is 0 Å². The highest BCUT2D eigenvalue weighted by Gasteiger charge is 2.14. The van der Waals surface area contributed by atoms with Gasteiger partial charge in [-0.1, -0.05) is 0 Å². The number of nitrogens with one attached hydrogen (secondary N) is 1. The van der Waals surface area contributed by atoms with Crippen molar-refractivity contribution in [2.75, 3.05) is 33.4 Å². The number of methoxy groups -OCH3 is 1. The molecule has 0 atom stereocenters. The van der Waals surface area contributed by atoms with Gasteiger partial charge in [-0.2, -0.15) is 0 Å². The van der Waals surface area contributed by atoms with Crippen molar-refractivity contribution in [3.05, 3.63) is 24.2 Å². The normalized spacial score (nSPS) is 15.3. The molecule has 3 aromatic rings. The first-order chi connectivity index (χ1) is 12.3. The fraction of sp³-hybridized carbons (Fsp3) is 0.474. The van der Waals surface area contributed by atoms with Crippen LogP contribution in [0.5, 0.6) is 11.5 Å². The predicted octanol–water partition coefficient (Wildman–Crippen LogP) is 3.29. The van der Waals surface area contributed by atoms with Crippen LogP contribution >= 0.6 is 0 Å². The third kappa shape index (κ3) is 3.14. The number of hydrogen-bond acceptors (Lipinski definition) is 5. The molecule has 0 saturated carbocycles. The number of hydrogen-bond donors (Lipinski definition) is 1. The van der Waals surface area contributed by atoms with Crippen molar-refractivity contribution >= 4 is 21.9 Å². The Morgan fingerprint density at radius 1 is 1.16 bits per heavy atom. The lowest BCUT2D eigenvalue weighted by Crippen LogP contribution is -2.21. The number of H-pyrrole nitrogens is 1. The zero-order chi connectivity index (χ0) is 17.2. The van der Waals surface area contributed by atoms with Crippen LogP contribution in [-0.4, -0.2) is 53.2 Å². The van der Waals surface area contributed by atoms with Crippen molar-refractivity contribution in [3.8, 4) is 11.5 Å². The maximum atomic E-state index is 6.01. The molecule has 1 fully saturated rings. The van der Waals surface area contributed by atoms with E-state index in [0.29, 0.717) is 6.61 Å². The molecule has 6 heteroatoms. The highest BCUT2D eigenvalue weighted by atomic mass is 16.5. The molecule has 0 spiro atoms. The largest absolute Gasteiger partial charge is 0.493 e. The van der Waals surface area contributed by atoms with Gasteiger partial charge in [-0.05, 0) is 45.3 Å². The molecule has 1 aliphatic heterocycles. The van der Waals surface area contributed by atoms with E-state index in [0.717, 1.165) is 52.1 Å². The summed E-state index contributed by atoms with van der Waals surface area (Å²) in [5.74, 6) is 1.52. The highest BCUT2D eigenvalue weighted by molar-refractivity contribution is 6.08. The maximum Gasteiger partial charge on any atom is 0.163 e. The van der Waals surface area contributed by atoms with Crippen LogP contribution < -0.4 is 9.47 Å². The molecular weight excluding hydrogens is 316 g/mol. The third-order valence-corrected chi connectivity index (χ3v) is 4.94. The summed E-state index contributed by atoms with van der Waals surface area (Å²) in [6.07, 6.45) is 5.26. The average Bonchev–Trinajstić information content (AvgIpc) is 3.25. The molecule has 1 aliphatic rings. The topological polar surface area (TPSA) is 63.3 Å². The van der Waals surface area contributed by atoms with Crippen molar-refractivity contribution in [2.45, 2.75) is 26.2 Å². The molecule has 6 nitrogen and oxygen atoms in total. The Kier molecular flexibility index (Phi) is 4.44. The first kappa shape index (κ1) is 16.1. The van der Waals surface area contributed by atoms with Gasteiger partial charge in [-0.3, -0.25) is 0 Å². The van der Waals surface area contributed by atoms with Crippen LogP contribution in [0.25, 0.3) is 21.9 Å². The van der Waals surface area contributed by atoms with E-state index < -0.39 is 0 Å². The van der Waals surface area contributed by atoms with Gasteiger partial charge >= 0.3 is 0 Å². The van der Waals surface area contributed by atoms with E-state index >= 15 is 0 Å². The number of ether oxygens (including phenoxy) is 2. The van der Waals surface area contributed by atoms with Gasteiger partial charge in [0.25, 0.3) is 0 Å². The molecule has 4 rings (SSSR count). The van der Waals surface area contributed by atoms with E-state index in [1.54, 1.807) is 13.4 Å². The summed E-state index contributed by atoms with van der Waals surface area (Å²) in [6.45, 7) is 6.24. The molecule has 0 bridgehead atoms. The van der Waals surface area contributed by atoms with Crippen molar-refractivity contribution in [3.63, 3.8) is 0 Å². The van der Waals surface area contributed by atoms with Crippen molar-refractivity contribution in [1.82, 2.24) is 19.9 Å². The standard InChI is InChI=1S/C19H24N4O2/c1-13-18-14-10-16(24-2)17(11-15(14)22-19(18)21-12-20-13)25-9-5-8-23-6-3-4-7-23/h10-12H,3-9H2,1-2H3,(H,20,21,22). The van der Waals surface area contributed by atoms with E-state index in [4.69, 9.17) is 9.47 Å². The predicted molar refractivity (Wildman–Crippen MR) is 98.5 cm³/mol. The average molecular weight is 340 g/mol. The molecule has 0 aliphatic carbocycles. The number of aryl methyl sites for hydroxylation is 1. The summed E-state index contributed by atoms with van der Waals surface area (Å²) in [5, 5.41) is 2.10. The number of benzene rings is 1. The van der Waals surface area contributed by atoms with Gasteiger partial charge in [-0.15, -0.1) is 0 Å². The Hall–Kier alpha value is -2.34. The molecule has 1 saturated heterocycles. The minimum atomic E-state index is 0.692. The van der Waals surface area contributed by atoms with Gasteiger partial charge in [-0.25, -0.2) is 9.97 Å². The van der Waals surface area contributed by atoms with Crippen LogP contribution in [0, 0.1) is 6.92 Å². The Bertz CT molecular complexity index is 884. The van der Waals surface area contributed by atoms with Gasteiger partial charge in [0.15, 0.2) is 11.5 Å². The second-order valence-electron chi connectivity index (χ2n) is 6.61. The minimum absolute atomic E-state index is 0.692. The van der Waals surface area contributed by atoms with Gasteiger partial charge in [0.1, 0.15) is 12.0 Å². The number of aromatic amines is 1. The lowest BCUT2D eigenvalue weighted by molar-refractivity contribution is 0.254. The lowest BCUT2D eigenvalue weighted by atomic mass is 10.1. The molecule has 25 heavy (non-hydrogen) atoms. The quantitative estimate of drug-likeness (QED) is 0.698. The van der Waals surface area contributed by atoms with Gasteiger partial charge in [0.2, 0.25) is 0 Å². The Morgan fingerprint density at radius 3 is 2.80 bits per heavy atom. The van der Waals surface area contributed by atoms with E-state index in [1.165, 1.54) is 25.9 Å². The molecule has 1 aromatic carbocycles. The molecule has 1 N–H and O–H groups in total. The number of fused-ring (bicyclic) bond motifs is 3. The fourth-order valence-electron chi connectivity index (χ4n) is 3.64. The van der Waals surface area contributed by atoms with Crippen LogP contribution in [0.4, 0.5) is 0 Å². The number of rotatable bonds is 6. The molecule has 2 aromatic heterocycles. The molecule has 0 unspecified atom stereocenters. The van der Waals surface area contributed by atoms with Crippen LogP contribution in [0.1, 0.15) is 25.0 Å². The Morgan fingerprint density at radius 2 is 2.00 bits per heavy atom. The molecule has 0 amide bonds. The zero-order valence-corrected chi connectivity index (χ0v) is 14.8. The van der Waals surface area contributed by atoms with Gasteiger partial charge < -0.3 is 19.4 Å². The Labute approximate surface area is 147 Å². The summed E-state index contributed by atoms with van der Waals surface area (Å²) < 4.78 is 11.6. The summed E-state index contributed by atoms with van der Waals surface area (Å²) in [6, 6.07) is 4.02. The monoisotopic (exact) mass is 340 g/mol. The fourth-order valence-corrected chi connectivity index (χ4v) is 3.64. The van der Waals surface area contributed by atoms with Crippen molar-refractivity contribution in [1.29, 1.82) is 0 Å². The summed E-state index contributed by atoms with van der Waals surface area (Å²) >= 11 is 0. The Balaban J connectivity index is 1.55. The molecular formula is C19H24N4O2. The number of likely N-dealkylation sites (tertiary alicyclic amines) is 1. The molecule has 0 radical (unpaired) electrons. The van der Waals surface area contributed by atoms with E-state index in [-0.39, 0.29) is 0 Å². The number of aromatic nitrogens is 3. The van der Waals surface area contributed by atoms with Crippen molar-refractivity contribution < 1.29 is 9.47 Å². The van der Waals surface area contributed by atoms with Gasteiger partial charge in [0.05, 0.1) is 24.9 Å².